The Hall–Kier alpha value is -0.0575. The molecule has 1 aromatic rings. The van der Waals surface area contributed by atoms with Gasteiger partial charge in [-0.1, -0.05) is 18.2 Å². The fraction of sp³-hybridized carbons (Fsp3) is 0.250. The molecule has 1 aromatic carbocycles. The van der Waals surface area contributed by atoms with Gasteiger partial charge in [-0.15, -0.1) is 0 Å². The van der Waals surface area contributed by atoms with E-state index in [1.807, 2.05) is 37.3 Å². The molecule has 0 radical (unpaired) electrons. The van der Waals surface area contributed by atoms with E-state index < -0.39 is 8.03 Å². The summed E-state index contributed by atoms with van der Waals surface area (Å²) in [5.74, 6) is 0. The summed E-state index contributed by atoms with van der Waals surface area (Å²) < 4.78 is 16.2. The molecule has 0 bridgehead atoms. The predicted molar refractivity (Wildman–Crippen MR) is 56.6 cm³/mol. The standard InChI is InChI=1S/C8H11O2P.Al.3H/c1-2-10-11(9)8-6-4-3-5-7-8;;;;/h3-7,11H,2H2,1H3;;;;. The van der Waals surface area contributed by atoms with Crippen LogP contribution in [-0.4, -0.2) is 24.0 Å². The van der Waals surface area contributed by atoms with Crippen molar-refractivity contribution in [2.24, 2.45) is 0 Å². The van der Waals surface area contributed by atoms with Crippen LogP contribution in [0.4, 0.5) is 0 Å². The van der Waals surface area contributed by atoms with Gasteiger partial charge >= 0.3 is 0 Å². The zero-order valence-electron chi connectivity index (χ0n) is 6.41. The van der Waals surface area contributed by atoms with Crippen LogP contribution in [0.3, 0.4) is 0 Å². The summed E-state index contributed by atoms with van der Waals surface area (Å²) in [5.41, 5.74) is 0. The fourth-order valence-corrected chi connectivity index (χ4v) is 1.68. The first-order chi connectivity index (χ1) is 5.34. The third-order valence-corrected chi connectivity index (χ3v) is 2.64. The molecule has 0 saturated heterocycles. The number of benzene rings is 1. The van der Waals surface area contributed by atoms with Gasteiger partial charge in [-0.05, 0) is 19.1 Å². The molecular formula is C8H14AlO2P. The minimum absolute atomic E-state index is 0. The summed E-state index contributed by atoms with van der Waals surface area (Å²) in [7, 11) is -1.97. The Balaban J connectivity index is 0.00000121. The van der Waals surface area contributed by atoms with Gasteiger partial charge < -0.3 is 4.52 Å². The number of hydrogen-bond acceptors (Lipinski definition) is 2. The van der Waals surface area contributed by atoms with Gasteiger partial charge in [0.25, 0.3) is 0 Å². The molecule has 0 aromatic heterocycles. The highest BCUT2D eigenvalue weighted by Crippen LogP contribution is 2.19. The monoisotopic (exact) mass is 200 g/mol. The summed E-state index contributed by atoms with van der Waals surface area (Å²) in [4.78, 5) is 0. The Kier molecular flexibility index (Phi) is 6.43. The molecule has 1 rings (SSSR count). The van der Waals surface area contributed by atoms with Crippen molar-refractivity contribution in [1.29, 1.82) is 0 Å². The Bertz CT molecular complexity index is 238. The fourth-order valence-electron chi connectivity index (χ4n) is 0.789. The Labute approximate surface area is 83.9 Å². The molecule has 1 atom stereocenters. The third-order valence-electron chi connectivity index (χ3n) is 1.28. The summed E-state index contributed by atoms with van der Waals surface area (Å²) in [6, 6.07) is 9.24. The Morgan fingerprint density at radius 3 is 2.42 bits per heavy atom. The molecule has 0 heterocycles. The molecular weight excluding hydrogens is 186 g/mol. The lowest BCUT2D eigenvalue weighted by atomic mass is 10.4. The molecule has 0 aliphatic rings. The molecule has 1 unspecified atom stereocenters. The van der Waals surface area contributed by atoms with Gasteiger partial charge in [0.2, 0.25) is 8.03 Å². The second kappa shape index (κ2) is 6.46. The highest BCUT2D eigenvalue weighted by atomic mass is 31.1. The van der Waals surface area contributed by atoms with Crippen molar-refractivity contribution in [2.75, 3.05) is 6.61 Å². The van der Waals surface area contributed by atoms with E-state index in [-0.39, 0.29) is 17.4 Å². The lowest BCUT2D eigenvalue weighted by molar-refractivity contribution is 0.357. The van der Waals surface area contributed by atoms with Crippen LogP contribution in [0.5, 0.6) is 0 Å². The van der Waals surface area contributed by atoms with Gasteiger partial charge in [-0.25, -0.2) is 0 Å². The summed E-state index contributed by atoms with van der Waals surface area (Å²) in [6.45, 7) is 2.35. The van der Waals surface area contributed by atoms with Crippen LogP contribution in [0, 0.1) is 0 Å². The van der Waals surface area contributed by atoms with Gasteiger partial charge in [0.1, 0.15) is 0 Å². The average molecular weight is 200 g/mol. The molecule has 0 spiro atoms. The van der Waals surface area contributed by atoms with E-state index in [1.54, 1.807) is 0 Å². The van der Waals surface area contributed by atoms with Crippen molar-refractivity contribution in [3.05, 3.63) is 30.3 Å². The maximum Gasteiger partial charge on any atom is 0.220 e. The van der Waals surface area contributed by atoms with Crippen LogP contribution in [0.1, 0.15) is 6.92 Å². The molecule has 12 heavy (non-hydrogen) atoms. The molecule has 4 heteroatoms. The highest BCUT2D eigenvalue weighted by molar-refractivity contribution is 7.48. The maximum absolute atomic E-state index is 11.2. The molecule has 0 fully saturated rings. The normalized spacial score (nSPS) is 11.8. The molecule has 2 nitrogen and oxygen atoms in total. The second-order valence-electron chi connectivity index (χ2n) is 2.09. The molecule has 0 aliphatic heterocycles. The van der Waals surface area contributed by atoms with E-state index in [1.165, 1.54) is 0 Å². The first kappa shape index (κ1) is 11.9. The Morgan fingerprint density at radius 1 is 1.33 bits per heavy atom. The first-order valence-corrected chi connectivity index (χ1v) is 4.88. The lowest BCUT2D eigenvalue weighted by Gasteiger charge is -1.99. The van der Waals surface area contributed by atoms with Gasteiger partial charge in [-0.3, -0.25) is 4.57 Å². The molecule has 66 valence electrons. The SMILES string of the molecule is CCO[PH](=O)c1ccccc1.[AlH3]. The van der Waals surface area contributed by atoms with Gasteiger partial charge in [0.15, 0.2) is 17.4 Å². The largest absolute Gasteiger partial charge is 0.328 e. The van der Waals surface area contributed by atoms with E-state index in [2.05, 4.69) is 0 Å². The average Bonchev–Trinajstić information content (AvgIpc) is 2.07. The van der Waals surface area contributed by atoms with E-state index in [4.69, 9.17) is 4.52 Å². The zero-order chi connectivity index (χ0) is 8.10. The molecule has 0 saturated carbocycles. The topological polar surface area (TPSA) is 26.3 Å². The molecule has 0 N–H and O–H groups in total. The van der Waals surface area contributed by atoms with Gasteiger partial charge in [0.05, 0.1) is 6.61 Å². The van der Waals surface area contributed by atoms with Crippen molar-refractivity contribution in [3.63, 3.8) is 0 Å². The van der Waals surface area contributed by atoms with Crippen LogP contribution in [-0.2, 0) is 9.09 Å². The van der Waals surface area contributed by atoms with E-state index in [9.17, 15) is 4.57 Å². The minimum Gasteiger partial charge on any atom is -0.328 e. The van der Waals surface area contributed by atoms with Crippen LogP contribution in [0.25, 0.3) is 0 Å². The molecule has 0 aliphatic carbocycles. The van der Waals surface area contributed by atoms with Crippen molar-refractivity contribution >= 4 is 30.7 Å². The van der Waals surface area contributed by atoms with Gasteiger partial charge in [-0.2, -0.15) is 0 Å². The first-order valence-electron chi connectivity index (χ1n) is 3.56. The van der Waals surface area contributed by atoms with Crippen molar-refractivity contribution in [1.82, 2.24) is 0 Å². The smallest absolute Gasteiger partial charge is 0.220 e. The van der Waals surface area contributed by atoms with E-state index >= 15 is 0 Å². The van der Waals surface area contributed by atoms with E-state index in [0.717, 1.165) is 5.30 Å². The Morgan fingerprint density at radius 2 is 1.92 bits per heavy atom. The van der Waals surface area contributed by atoms with Crippen molar-refractivity contribution < 1.29 is 9.09 Å². The van der Waals surface area contributed by atoms with Crippen LogP contribution >= 0.6 is 8.03 Å². The van der Waals surface area contributed by atoms with Crippen molar-refractivity contribution in [2.45, 2.75) is 6.92 Å². The minimum atomic E-state index is -1.97. The van der Waals surface area contributed by atoms with Gasteiger partial charge in [0, 0.05) is 5.30 Å². The van der Waals surface area contributed by atoms with Crippen LogP contribution in [0.15, 0.2) is 30.3 Å². The van der Waals surface area contributed by atoms with Crippen LogP contribution < -0.4 is 5.30 Å². The summed E-state index contributed by atoms with van der Waals surface area (Å²) >= 11 is 0. The lowest BCUT2D eigenvalue weighted by Crippen LogP contribution is -1.95. The summed E-state index contributed by atoms with van der Waals surface area (Å²) in [5, 5.41) is 0.791. The van der Waals surface area contributed by atoms with Crippen LogP contribution in [0.2, 0.25) is 0 Å². The third kappa shape index (κ3) is 3.56. The highest BCUT2D eigenvalue weighted by Gasteiger charge is 1.99. The maximum atomic E-state index is 11.2. The zero-order valence-corrected chi connectivity index (χ0v) is 7.41. The number of rotatable bonds is 3. The number of hydrogen-bond donors (Lipinski definition) is 0. The second-order valence-corrected chi connectivity index (χ2v) is 3.53. The predicted octanol–water partition coefficient (Wildman–Crippen LogP) is 0.639. The quantitative estimate of drug-likeness (QED) is 0.528. The molecule has 0 amide bonds. The van der Waals surface area contributed by atoms with Crippen molar-refractivity contribution in [3.8, 4) is 0 Å². The summed E-state index contributed by atoms with van der Waals surface area (Å²) in [6.07, 6.45) is 0. The van der Waals surface area contributed by atoms with E-state index in [0.29, 0.717) is 6.61 Å².